The number of nitrogens with one attached hydrogen (secondary N) is 1. The minimum absolute atomic E-state index is 0.329. The second-order valence-electron chi connectivity index (χ2n) is 6.27. The number of aliphatic imine (C=N–C) groups is 1. The van der Waals surface area contributed by atoms with Crippen LogP contribution in [0.4, 0.5) is 0 Å². The van der Waals surface area contributed by atoms with Crippen molar-refractivity contribution in [1.29, 1.82) is 0 Å². The molecule has 1 saturated heterocycles. The molecule has 3 nitrogen and oxygen atoms in total. The van der Waals surface area contributed by atoms with Crippen molar-refractivity contribution in [3.8, 4) is 0 Å². The third-order valence-corrected chi connectivity index (χ3v) is 5.62. The van der Waals surface area contributed by atoms with Gasteiger partial charge >= 0.3 is 0 Å². The van der Waals surface area contributed by atoms with Crippen LogP contribution in [0.1, 0.15) is 44.0 Å². The Kier molecular flexibility index (Phi) is 4.01. The van der Waals surface area contributed by atoms with Gasteiger partial charge in [-0.2, -0.15) is 0 Å². The van der Waals surface area contributed by atoms with Crippen molar-refractivity contribution in [2.75, 3.05) is 5.75 Å². The lowest BCUT2D eigenvalue weighted by atomic mass is 9.78. The van der Waals surface area contributed by atoms with Crippen LogP contribution in [0.2, 0.25) is 0 Å². The summed E-state index contributed by atoms with van der Waals surface area (Å²) in [5.74, 6) is 2.07. The number of hydrogen-bond acceptors (Lipinski definition) is 3. The molecule has 4 heteroatoms. The molecule has 0 amide bonds. The Morgan fingerprint density at radius 1 is 1.40 bits per heavy atom. The van der Waals surface area contributed by atoms with E-state index in [4.69, 9.17) is 4.99 Å². The maximum Gasteiger partial charge on any atom is 0.157 e. The van der Waals surface area contributed by atoms with E-state index in [1.165, 1.54) is 31.4 Å². The van der Waals surface area contributed by atoms with E-state index in [0.717, 1.165) is 22.5 Å². The first-order valence-electron chi connectivity index (χ1n) is 7.53. The quantitative estimate of drug-likeness (QED) is 0.905. The van der Waals surface area contributed by atoms with E-state index in [1.54, 1.807) is 0 Å². The topological polar surface area (TPSA) is 37.3 Å². The van der Waals surface area contributed by atoms with Crippen molar-refractivity contribution in [3.63, 3.8) is 0 Å². The first kappa shape index (κ1) is 13.9. The van der Waals surface area contributed by atoms with Crippen LogP contribution in [0.15, 0.2) is 23.2 Å². The van der Waals surface area contributed by atoms with E-state index < -0.39 is 0 Å². The third kappa shape index (κ3) is 3.17. The van der Waals surface area contributed by atoms with E-state index in [2.05, 4.69) is 29.4 Å². The molecule has 1 aliphatic heterocycles. The van der Waals surface area contributed by atoms with E-state index in [1.807, 2.05) is 24.8 Å². The Labute approximate surface area is 125 Å². The number of pyridine rings is 1. The maximum absolute atomic E-state index is 4.71. The van der Waals surface area contributed by atoms with Gasteiger partial charge in [0.15, 0.2) is 5.17 Å². The number of rotatable bonds is 2. The maximum atomic E-state index is 4.71. The minimum atomic E-state index is 0.329. The normalized spacial score (nSPS) is 31.7. The molecule has 0 bridgehead atoms. The summed E-state index contributed by atoms with van der Waals surface area (Å²) in [4.78, 5) is 9.21. The van der Waals surface area contributed by atoms with Crippen LogP contribution < -0.4 is 5.32 Å². The molecule has 0 aromatic carbocycles. The molecular weight excluding hydrogens is 266 g/mol. The molecule has 1 N–H and O–H groups in total. The van der Waals surface area contributed by atoms with Gasteiger partial charge in [-0.1, -0.05) is 24.8 Å². The van der Waals surface area contributed by atoms with E-state index in [-0.39, 0.29) is 0 Å². The molecule has 0 atom stereocenters. The fraction of sp³-hybridized carbons (Fsp3) is 0.625. The molecule has 1 aliphatic carbocycles. The fourth-order valence-corrected chi connectivity index (χ4v) is 4.23. The number of aromatic nitrogens is 1. The van der Waals surface area contributed by atoms with Gasteiger partial charge in [0, 0.05) is 17.0 Å². The van der Waals surface area contributed by atoms with Crippen LogP contribution >= 0.6 is 11.8 Å². The summed E-state index contributed by atoms with van der Waals surface area (Å²) >= 11 is 1.88. The van der Waals surface area contributed by atoms with Gasteiger partial charge in [-0.3, -0.25) is 9.98 Å². The standard InChI is InChI=1S/C16H23N3S/c1-12-6-8-16(9-7-12)11-20-15(19-16)17-10-14-5-3-4-13(2)18-14/h3-5,12H,6-11H2,1-2H3,(H,17,19). The van der Waals surface area contributed by atoms with Gasteiger partial charge in [-0.25, -0.2) is 0 Å². The van der Waals surface area contributed by atoms with E-state index in [0.29, 0.717) is 12.1 Å². The number of amidine groups is 1. The monoisotopic (exact) mass is 289 g/mol. The Morgan fingerprint density at radius 3 is 2.95 bits per heavy atom. The Bertz CT molecular complexity index is 504. The van der Waals surface area contributed by atoms with Crippen LogP contribution in [-0.2, 0) is 6.54 Å². The average molecular weight is 289 g/mol. The molecule has 0 radical (unpaired) electrons. The van der Waals surface area contributed by atoms with Crippen molar-refractivity contribution in [2.45, 2.75) is 51.6 Å². The first-order valence-corrected chi connectivity index (χ1v) is 8.52. The van der Waals surface area contributed by atoms with Crippen LogP contribution in [0.3, 0.4) is 0 Å². The summed E-state index contributed by atoms with van der Waals surface area (Å²) in [6, 6.07) is 6.13. The van der Waals surface area contributed by atoms with Crippen LogP contribution in [0.25, 0.3) is 0 Å². The summed E-state index contributed by atoms with van der Waals surface area (Å²) in [5.41, 5.74) is 2.45. The van der Waals surface area contributed by atoms with E-state index >= 15 is 0 Å². The minimum Gasteiger partial charge on any atom is -0.359 e. The lowest BCUT2D eigenvalue weighted by Crippen LogP contribution is -2.46. The molecule has 1 saturated carbocycles. The van der Waals surface area contributed by atoms with Crippen molar-refractivity contribution >= 4 is 16.9 Å². The van der Waals surface area contributed by atoms with Crippen molar-refractivity contribution in [1.82, 2.24) is 10.3 Å². The first-order chi connectivity index (χ1) is 9.65. The molecule has 2 heterocycles. The van der Waals surface area contributed by atoms with Gasteiger partial charge in [-0.05, 0) is 50.7 Å². The zero-order valence-electron chi connectivity index (χ0n) is 12.4. The van der Waals surface area contributed by atoms with Gasteiger partial charge in [0.2, 0.25) is 0 Å². The van der Waals surface area contributed by atoms with Crippen LogP contribution in [-0.4, -0.2) is 21.4 Å². The van der Waals surface area contributed by atoms with Crippen molar-refractivity contribution in [2.24, 2.45) is 10.9 Å². The predicted molar refractivity (Wildman–Crippen MR) is 86.1 cm³/mol. The lowest BCUT2D eigenvalue weighted by Gasteiger charge is -2.35. The summed E-state index contributed by atoms with van der Waals surface area (Å²) in [6.45, 7) is 5.08. The highest BCUT2D eigenvalue weighted by Crippen LogP contribution is 2.38. The summed E-state index contributed by atoms with van der Waals surface area (Å²) < 4.78 is 0. The third-order valence-electron chi connectivity index (χ3n) is 4.42. The molecule has 3 rings (SSSR count). The average Bonchev–Trinajstić information content (AvgIpc) is 2.84. The second-order valence-corrected chi connectivity index (χ2v) is 7.23. The molecule has 1 aromatic rings. The van der Waals surface area contributed by atoms with Gasteiger partial charge in [0.1, 0.15) is 0 Å². The molecule has 0 unspecified atom stereocenters. The van der Waals surface area contributed by atoms with Gasteiger partial charge in [0.25, 0.3) is 0 Å². The van der Waals surface area contributed by atoms with Crippen molar-refractivity contribution < 1.29 is 0 Å². The predicted octanol–water partition coefficient (Wildman–Crippen LogP) is 3.53. The van der Waals surface area contributed by atoms with Crippen molar-refractivity contribution in [3.05, 3.63) is 29.6 Å². The van der Waals surface area contributed by atoms with E-state index in [9.17, 15) is 0 Å². The summed E-state index contributed by atoms with van der Waals surface area (Å²) in [6.07, 6.45) is 5.28. The number of thioether (sulfide) groups is 1. The highest BCUT2D eigenvalue weighted by atomic mass is 32.2. The highest BCUT2D eigenvalue weighted by molar-refractivity contribution is 8.14. The lowest BCUT2D eigenvalue weighted by molar-refractivity contribution is 0.251. The summed E-state index contributed by atoms with van der Waals surface area (Å²) in [5, 5.41) is 4.81. The molecule has 1 spiro atoms. The zero-order valence-corrected chi connectivity index (χ0v) is 13.2. The van der Waals surface area contributed by atoms with Gasteiger partial charge in [-0.15, -0.1) is 0 Å². The smallest absolute Gasteiger partial charge is 0.157 e. The number of aryl methyl sites for hydroxylation is 1. The van der Waals surface area contributed by atoms with Crippen LogP contribution in [0.5, 0.6) is 0 Å². The fourth-order valence-electron chi connectivity index (χ4n) is 3.02. The number of nitrogens with zero attached hydrogens (tertiary/aromatic N) is 2. The Morgan fingerprint density at radius 2 is 2.20 bits per heavy atom. The summed E-state index contributed by atoms with van der Waals surface area (Å²) in [7, 11) is 0. The highest BCUT2D eigenvalue weighted by Gasteiger charge is 2.39. The molecule has 2 aliphatic rings. The molecule has 1 aromatic heterocycles. The molecular formula is C16H23N3S. The SMILES string of the molecule is Cc1cccc(CN=C2NC3(CCC(C)CC3)CS2)n1. The van der Waals surface area contributed by atoms with Gasteiger partial charge in [0.05, 0.1) is 12.2 Å². The molecule has 20 heavy (non-hydrogen) atoms. The van der Waals surface area contributed by atoms with Gasteiger partial charge < -0.3 is 5.32 Å². The number of hydrogen-bond donors (Lipinski definition) is 1. The molecule has 108 valence electrons. The largest absolute Gasteiger partial charge is 0.359 e. The Balaban J connectivity index is 1.61. The second kappa shape index (κ2) is 5.76. The van der Waals surface area contributed by atoms with Crippen LogP contribution in [0, 0.1) is 12.8 Å². The zero-order chi connectivity index (χ0) is 14.0. The Hall–Kier alpha value is -1.03. The molecule has 2 fully saturated rings.